The van der Waals surface area contributed by atoms with Gasteiger partial charge in [-0.05, 0) is 23.0 Å². The van der Waals surface area contributed by atoms with E-state index >= 15 is 0 Å². The lowest BCUT2D eigenvalue weighted by atomic mass is 9.87. The summed E-state index contributed by atoms with van der Waals surface area (Å²) in [5.41, 5.74) is 0.531. The van der Waals surface area contributed by atoms with Gasteiger partial charge in [-0.3, -0.25) is 14.9 Å². The predicted octanol–water partition coefficient (Wildman–Crippen LogP) is 0.836. The number of hydrogen-bond donors (Lipinski definition) is 0. The average Bonchev–Trinajstić information content (AvgIpc) is 2.34. The van der Waals surface area contributed by atoms with Crippen molar-refractivity contribution in [1.29, 1.82) is 0 Å². The first-order valence-corrected chi connectivity index (χ1v) is 5.62. The number of halogens is 3. The third kappa shape index (κ3) is 2.61. The molecule has 1 amide bonds. The smallest absolute Gasteiger partial charge is 0.330 e. The van der Waals surface area contributed by atoms with Gasteiger partial charge < -0.3 is 4.90 Å². The molecule has 1 aromatic rings. The second kappa shape index (κ2) is 4.80. The minimum absolute atomic E-state index is 0.123. The molecular formula is C11H8BF3N2O3. The molecule has 1 heterocycles. The second-order valence-electron chi connectivity index (χ2n) is 4.41. The van der Waals surface area contributed by atoms with Gasteiger partial charge in [0.2, 0.25) is 0 Å². The van der Waals surface area contributed by atoms with E-state index in [1.54, 1.807) is 0 Å². The summed E-state index contributed by atoms with van der Waals surface area (Å²) in [4.78, 5) is 21.9. The number of rotatable bonds is 1. The predicted molar refractivity (Wildman–Crippen MR) is 63.7 cm³/mol. The number of carbonyl (C=O) groups is 1. The summed E-state index contributed by atoms with van der Waals surface area (Å²) in [5, 5.41) is 10.7. The summed E-state index contributed by atoms with van der Waals surface area (Å²) in [6, 6.07) is 2.50. The molecule has 0 saturated heterocycles. The molecule has 0 fully saturated rings. The Morgan fingerprint density at radius 1 is 1.35 bits per heavy atom. The van der Waals surface area contributed by atoms with Crippen molar-refractivity contribution in [2.45, 2.75) is 19.1 Å². The maximum Gasteiger partial charge on any atom is 0.471 e. The number of nitro benzene ring substituents is 1. The third-order valence-corrected chi connectivity index (χ3v) is 3.09. The minimum atomic E-state index is -4.93. The van der Waals surface area contributed by atoms with Crippen molar-refractivity contribution in [1.82, 2.24) is 4.90 Å². The largest absolute Gasteiger partial charge is 0.471 e. The minimum Gasteiger partial charge on any atom is -0.330 e. The van der Waals surface area contributed by atoms with E-state index in [1.807, 2.05) is 0 Å². The lowest BCUT2D eigenvalue weighted by molar-refractivity contribution is -0.383. The van der Waals surface area contributed by atoms with Crippen LogP contribution in [-0.4, -0.2) is 36.3 Å². The molecule has 2 radical (unpaired) electrons. The third-order valence-electron chi connectivity index (χ3n) is 3.09. The molecule has 0 atom stereocenters. The zero-order valence-corrected chi connectivity index (χ0v) is 10.1. The number of benzene rings is 1. The molecule has 0 aromatic heterocycles. The molecule has 1 aliphatic rings. The Balaban J connectivity index is 2.30. The van der Waals surface area contributed by atoms with Crippen LogP contribution < -0.4 is 5.46 Å². The molecule has 2 rings (SSSR count). The van der Waals surface area contributed by atoms with E-state index in [0.29, 0.717) is 16.0 Å². The van der Waals surface area contributed by atoms with Crippen LogP contribution in [-0.2, 0) is 17.8 Å². The number of nitrogens with zero attached hydrogens (tertiary/aromatic N) is 2. The summed E-state index contributed by atoms with van der Waals surface area (Å²) in [5.74, 6) is -1.92. The zero-order valence-electron chi connectivity index (χ0n) is 10.1. The van der Waals surface area contributed by atoms with Gasteiger partial charge in [-0.1, -0.05) is 6.07 Å². The molecule has 1 aromatic carbocycles. The van der Waals surface area contributed by atoms with Crippen LogP contribution in [0.5, 0.6) is 0 Å². The van der Waals surface area contributed by atoms with Gasteiger partial charge in [0, 0.05) is 19.2 Å². The fourth-order valence-electron chi connectivity index (χ4n) is 2.13. The highest BCUT2D eigenvalue weighted by atomic mass is 19.4. The number of fused-ring (bicyclic) bond motifs is 1. The van der Waals surface area contributed by atoms with Gasteiger partial charge in [-0.2, -0.15) is 13.2 Å². The Morgan fingerprint density at radius 2 is 2.00 bits per heavy atom. The number of amides is 1. The Morgan fingerprint density at radius 3 is 2.55 bits per heavy atom. The van der Waals surface area contributed by atoms with E-state index in [1.165, 1.54) is 12.1 Å². The zero-order chi connectivity index (χ0) is 15.1. The number of alkyl halides is 3. The van der Waals surface area contributed by atoms with Crippen molar-refractivity contribution in [2.75, 3.05) is 6.54 Å². The molecule has 104 valence electrons. The van der Waals surface area contributed by atoms with Crippen molar-refractivity contribution in [3.05, 3.63) is 33.4 Å². The lowest BCUT2D eigenvalue weighted by Crippen LogP contribution is -2.44. The SMILES string of the molecule is [B]c1cc2c(cc1[N+](=O)[O-])CCN(C(=O)C(F)(F)F)C2. The number of carbonyl (C=O) groups excluding carboxylic acids is 1. The Labute approximate surface area is 112 Å². The fraction of sp³-hybridized carbons (Fsp3) is 0.364. The van der Waals surface area contributed by atoms with Crippen LogP contribution in [0.3, 0.4) is 0 Å². The first-order chi connectivity index (χ1) is 9.20. The summed E-state index contributed by atoms with van der Waals surface area (Å²) in [6.07, 6.45) is -4.80. The summed E-state index contributed by atoms with van der Waals surface area (Å²) in [7, 11) is 5.49. The van der Waals surface area contributed by atoms with E-state index in [-0.39, 0.29) is 30.7 Å². The lowest BCUT2D eigenvalue weighted by Gasteiger charge is -2.29. The number of nitro groups is 1. The van der Waals surface area contributed by atoms with Gasteiger partial charge in [0.25, 0.3) is 5.69 Å². The van der Waals surface area contributed by atoms with Crippen LogP contribution in [0.1, 0.15) is 11.1 Å². The van der Waals surface area contributed by atoms with E-state index in [0.717, 1.165) is 0 Å². The first-order valence-electron chi connectivity index (χ1n) is 5.62. The van der Waals surface area contributed by atoms with Gasteiger partial charge in [0.1, 0.15) is 7.85 Å². The van der Waals surface area contributed by atoms with E-state index in [2.05, 4.69) is 0 Å². The Hall–Kier alpha value is -2.06. The van der Waals surface area contributed by atoms with Gasteiger partial charge in [0.05, 0.1) is 4.92 Å². The highest BCUT2D eigenvalue weighted by molar-refractivity contribution is 6.35. The van der Waals surface area contributed by atoms with Crippen molar-refractivity contribution >= 4 is 24.9 Å². The molecule has 1 aliphatic heterocycles. The van der Waals surface area contributed by atoms with Crippen LogP contribution >= 0.6 is 0 Å². The van der Waals surface area contributed by atoms with Crippen molar-refractivity contribution in [3.8, 4) is 0 Å². The highest BCUT2D eigenvalue weighted by Gasteiger charge is 2.43. The van der Waals surface area contributed by atoms with Crippen molar-refractivity contribution in [3.63, 3.8) is 0 Å². The standard InChI is InChI=1S/C11H8BF3N2O3/c12-8-3-7-5-16(10(18)11(13,14)15)2-1-6(7)4-9(8)17(19)20/h3-4H,1-2,5H2. The molecule has 0 N–H and O–H groups in total. The molecule has 9 heteroatoms. The molecule has 0 spiro atoms. The van der Waals surface area contributed by atoms with Crippen LogP contribution in [0.4, 0.5) is 18.9 Å². The Bertz CT molecular complexity index is 589. The van der Waals surface area contributed by atoms with E-state index in [4.69, 9.17) is 7.85 Å². The van der Waals surface area contributed by atoms with Gasteiger partial charge in [-0.15, -0.1) is 0 Å². The molecule has 0 bridgehead atoms. The van der Waals surface area contributed by atoms with Gasteiger partial charge >= 0.3 is 12.1 Å². The number of hydrogen-bond acceptors (Lipinski definition) is 3. The molecule has 5 nitrogen and oxygen atoms in total. The Kier molecular flexibility index (Phi) is 3.45. The summed E-state index contributed by atoms with van der Waals surface area (Å²) < 4.78 is 37.1. The molecule has 20 heavy (non-hydrogen) atoms. The van der Waals surface area contributed by atoms with Gasteiger partial charge in [-0.25, -0.2) is 0 Å². The summed E-state index contributed by atoms with van der Waals surface area (Å²) >= 11 is 0. The van der Waals surface area contributed by atoms with Crippen LogP contribution in [0.15, 0.2) is 12.1 Å². The van der Waals surface area contributed by atoms with E-state index in [9.17, 15) is 28.1 Å². The molecule has 0 aliphatic carbocycles. The first kappa shape index (κ1) is 14.4. The topological polar surface area (TPSA) is 63.5 Å². The highest BCUT2D eigenvalue weighted by Crippen LogP contribution is 2.26. The average molecular weight is 284 g/mol. The van der Waals surface area contributed by atoms with Crippen LogP contribution in [0.25, 0.3) is 0 Å². The monoisotopic (exact) mass is 284 g/mol. The van der Waals surface area contributed by atoms with Gasteiger partial charge in [0.15, 0.2) is 0 Å². The maximum absolute atomic E-state index is 12.4. The van der Waals surface area contributed by atoms with Crippen molar-refractivity contribution in [2.24, 2.45) is 0 Å². The summed E-state index contributed by atoms with van der Waals surface area (Å²) in [6.45, 7) is -0.387. The normalized spacial score (nSPS) is 14.8. The quantitative estimate of drug-likeness (QED) is 0.436. The van der Waals surface area contributed by atoms with Crippen molar-refractivity contribution < 1.29 is 22.9 Å². The maximum atomic E-state index is 12.4. The molecule has 0 saturated carbocycles. The van der Waals surface area contributed by atoms with E-state index < -0.39 is 17.0 Å². The second-order valence-corrected chi connectivity index (χ2v) is 4.41. The molecular weight excluding hydrogens is 276 g/mol. The fourth-order valence-corrected chi connectivity index (χ4v) is 2.13. The van der Waals surface area contributed by atoms with Crippen LogP contribution in [0.2, 0.25) is 0 Å². The molecule has 0 unspecified atom stereocenters. The van der Waals surface area contributed by atoms with Crippen LogP contribution in [0, 0.1) is 10.1 Å².